The van der Waals surface area contributed by atoms with E-state index in [9.17, 15) is 9.59 Å². The number of rotatable bonds is 6. The maximum Gasteiger partial charge on any atom is 0.245 e. The molecule has 0 spiro atoms. The lowest BCUT2D eigenvalue weighted by Gasteiger charge is -2.26. The van der Waals surface area contributed by atoms with Gasteiger partial charge in [-0.3, -0.25) is 9.59 Å². The minimum absolute atomic E-state index is 0. The Kier molecular flexibility index (Phi) is 7.70. The van der Waals surface area contributed by atoms with Crippen molar-refractivity contribution in [2.45, 2.75) is 32.7 Å². The molecule has 1 saturated heterocycles. The van der Waals surface area contributed by atoms with Crippen molar-refractivity contribution in [3.05, 3.63) is 29.8 Å². The van der Waals surface area contributed by atoms with E-state index in [2.05, 4.69) is 12.2 Å². The van der Waals surface area contributed by atoms with E-state index in [0.717, 1.165) is 17.7 Å². The smallest absolute Gasteiger partial charge is 0.245 e. The molecular formula is C18H28ClN3O3. The predicted octanol–water partition coefficient (Wildman–Crippen LogP) is 1.36. The molecule has 1 aromatic carbocycles. The Bertz CT molecular complexity index is 611. The molecule has 3 N–H and O–H groups in total. The van der Waals surface area contributed by atoms with Crippen LogP contribution < -0.4 is 15.8 Å². The summed E-state index contributed by atoms with van der Waals surface area (Å²) >= 11 is 0. The monoisotopic (exact) mass is 369 g/mol. The van der Waals surface area contributed by atoms with Crippen molar-refractivity contribution in [3.63, 3.8) is 0 Å². The van der Waals surface area contributed by atoms with Crippen molar-refractivity contribution in [3.8, 4) is 5.75 Å². The Morgan fingerprint density at radius 2 is 2.16 bits per heavy atom. The van der Waals surface area contributed by atoms with Gasteiger partial charge in [-0.2, -0.15) is 0 Å². The summed E-state index contributed by atoms with van der Waals surface area (Å²) in [5, 5.41) is 2.79. The Morgan fingerprint density at radius 1 is 1.44 bits per heavy atom. The molecule has 1 aliphatic rings. The number of nitrogens with zero attached hydrogens (tertiary/aromatic N) is 1. The van der Waals surface area contributed by atoms with Gasteiger partial charge in [-0.1, -0.05) is 19.1 Å². The number of amides is 2. The van der Waals surface area contributed by atoms with Gasteiger partial charge < -0.3 is 20.7 Å². The lowest BCUT2D eigenvalue weighted by Crippen LogP contribution is -2.49. The van der Waals surface area contributed by atoms with Crippen LogP contribution >= 0.6 is 12.4 Å². The molecule has 2 amide bonds. The average molecular weight is 370 g/mol. The summed E-state index contributed by atoms with van der Waals surface area (Å²) in [6.07, 6.45) is 1.33. The van der Waals surface area contributed by atoms with E-state index in [1.807, 2.05) is 29.2 Å². The van der Waals surface area contributed by atoms with Gasteiger partial charge in [-0.25, -0.2) is 0 Å². The zero-order valence-electron chi connectivity index (χ0n) is 15.1. The third-order valence-corrected chi connectivity index (χ3v) is 4.61. The van der Waals surface area contributed by atoms with E-state index in [4.69, 9.17) is 10.5 Å². The van der Waals surface area contributed by atoms with Crippen LogP contribution in [0.3, 0.4) is 0 Å². The van der Waals surface area contributed by atoms with Crippen LogP contribution in [0.25, 0.3) is 0 Å². The standard InChI is InChI=1S/C18H27N3O3.ClH/c1-13(22)20-16(10-14-5-4-6-15(9-14)24-3)17(23)21-8-7-18(2,11-19)12-21;/h4-6,9,16H,7-8,10-12,19H2,1-3H3,(H,20,22);1H. The molecule has 1 aromatic rings. The number of ether oxygens (including phenoxy) is 1. The van der Waals surface area contributed by atoms with Crippen molar-refractivity contribution < 1.29 is 14.3 Å². The molecule has 1 aliphatic heterocycles. The zero-order valence-corrected chi connectivity index (χ0v) is 15.9. The normalized spacial score (nSPS) is 20.6. The first-order valence-electron chi connectivity index (χ1n) is 8.26. The Hall–Kier alpha value is -1.79. The summed E-state index contributed by atoms with van der Waals surface area (Å²) in [4.78, 5) is 26.2. The van der Waals surface area contributed by atoms with Gasteiger partial charge in [-0.05, 0) is 36.1 Å². The third kappa shape index (κ3) is 5.61. The molecule has 7 heteroatoms. The second kappa shape index (κ2) is 9.06. The van der Waals surface area contributed by atoms with Gasteiger partial charge in [0.1, 0.15) is 11.8 Å². The largest absolute Gasteiger partial charge is 0.497 e. The molecule has 2 rings (SSSR count). The van der Waals surface area contributed by atoms with E-state index in [1.165, 1.54) is 6.92 Å². The number of carbonyl (C=O) groups is 2. The van der Waals surface area contributed by atoms with Gasteiger partial charge in [0.25, 0.3) is 0 Å². The van der Waals surface area contributed by atoms with Crippen molar-refractivity contribution in [1.82, 2.24) is 10.2 Å². The zero-order chi connectivity index (χ0) is 17.7. The molecule has 0 radical (unpaired) electrons. The second-order valence-electron chi connectivity index (χ2n) is 6.83. The van der Waals surface area contributed by atoms with Gasteiger partial charge in [0.05, 0.1) is 7.11 Å². The van der Waals surface area contributed by atoms with Crippen LogP contribution in [0.15, 0.2) is 24.3 Å². The number of likely N-dealkylation sites (tertiary alicyclic amines) is 1. The molecule has 2 atom stereocenters. The number of hydrogen-bond acceptors (Lipinski definition) is 4. The maximum absolute atomic E-state index is 12.9. The van der Waals surface area contributed by atoms with Crippen LogP contribution in [-0.4, -0.2) is 49.5 Å². The molecule has 0 aromatic heterocycles. The first-order valence-corrected chi connectivity index (χ1v) is 8.26. The second-order valence-corrected chi connectivity index (χ2v) is 6.83. The van der Waals surface area contributed by atoms with E-state index in [0.29, 0.717) is 26.1 Å². The number of carbonyl (C=O) groups excluding carboxylic acids is 2. The molecule has 2 unspecified atom stereocenters. The summed E-state index contributed by atoms with van der Waals surface area (Å²) in [6.45, 7) is 5.39. The van der Waals surface area contributed by atoms with Gasteiger partial charge in [0.2, 0.25) is 11.8 Å². The summed E-state index contributed by atoms with van der Waals surface area (Å²) in [7, 11) is 1.60. The topological polar surface area (TPSA) is 84.7 Å². The molecular weight excluding hydrogens is 342 g/mol. The number of halogens is 1. The highest BCUT2D eigenvalue weighted by Crippen LogP contribution is 2.29. The van der Waals surface area contributed by atoms with Crippen LogP contribution in [0.4, 0.5) is 0 Å². The minimum atomic E-state index is -0.574. The van der Waals surface area contributed by atoms with Crippen LogP contribution in [0.2, 0.25) is 0 Å². The van der Waals surface area contributed by atoms with Crippen LogP contribution in [0, 0.1) is 5.41 Å². The summed E-state index contributed by atoms with van der Waals surface area (Å²) in [6, 6.07) is 6.97. The fraction of sp³-hybridized carbons (Fsp3) is 0.556. The molecule has 1 fully saturated rings. The van der Waals surface area contributed by atoms with Crippen molar-refractivity contribution in [1.29, 1.82) is 0 Å². The predicted molar refractivity (Wildman–Crippen MR) is 99.9 cm³/mol. The fourth-order valence-electron chi connectivity index (χ4n) is 3.08. The minimum Gasteiger partial charge on any atom is -0.497 e. The third-order valence-electron chi connectivity index (χ3n) is 4.61. The Balaban J connectivity index is 0.00000312. The van der Waals surface area contributed by atoms with Crippen molar-refractivity contribution in [2.24, 2.45) is 11.1 Å². The van der Waals surface area contributed by atoms with Crippen molar-refractivity contribution in [2.75, 3.05) is 26.7 Å². The van der Waals surface area contributed by atoms with Crippen LogP contribution in [-0.2, 0) is 16.0 Å². The van der Waals surface area contributed by atoms with E-state index in [1.54, 1.807) is 7.11 Å². The van der Waals surface area contributed by atoms with E-state index < -0.39 is 6.04 Å². The molecule has 0 aliphatic carbocycles. The maximum atomic E-state index is 12.9. The number of nitrogens with two attached hydrogens (primary N) is 1. The van der Waals surface area contributed by atoms with Gasteiger partial charge in [-0.15, -0.1) is 12.4 Å². The summed E-state index contributed by atoms with van der Waals surface area (Å²) in [5.41, 5.74) is 6.73. The van der Waals surface area contributed by atoms with Crippen LogP contribution in [0.5, 0.6) is 5.75 Å². The van der Waals surface area contributed by atoms with Crippen molar-refractivity contribution >= 4 is 24.2 Å². The Morgan fingerprint density at radius 3 is 2.72 bits per heavy atom. The number of nitrogens with one attached hydrogen (secondary N) is 1. The Labute approximate surface area is 155 Å². The van der Waals surface area contributed by atoms with Crippen LogP contribution in [0.1, 0.15) is 25.8 Å². The van der Waals surface area contributed by atoms with Gasteiger partial charge >= 0.3 is 0 Å². The summed E-state index contributed by atoms with van der Waals surface area (Å²) < 4.78 is 5.22. The first-order chi connectivity index (χ1) is 11.4. The molecule has 6 nitrogen and oxygen atoms in total. The molecule has 1 heterocycles. The SMILES string of the molecule is COc1cccc(CC(NC(C)=O)C(=O)N2CCC(C)(CN)C2)c1.Cl. The van der Waals surface area contributed by atoms with Gasteiger partial charge in [0.15, 0.2) is 0 Å². The van der Waals surface area contributed by atoms with E-state index >= 15 is 0 Å². The molecule has 25 heavy (non-hydrogen) atoms. The molecule has 140 valence electrons. The number of methoxy groups -OCH3 is 1. The summed E-state index contributed by atoms with van der Waals surface area (Å²) in [5.74, 6) is 0.473. The highest BCUT2D eigenvalue weighted by molar-refractivity contribution is 5.87. The number of benzene rings is 1. The highest BCUT2D eigenvalue weighted by atomic mass is 35.5. The fourth-order valence-corrected chi connectivity index (χ4v) is 3.08. The first kappa shape index (κ1) is 21.3. The lowest BCUT2D eigenvalue weighted by atomic mass is 9.90. The quantitative estimate of drug-likeness (QED) is 0.793. The van der Waals surface area contributed by atoms with E-state index in [-0.39, 0.29) is 29.6 Å². The molecule has 0 bridgehead atoms. The molecule has 0 saturated carbocycles. The number of hydrogen-bond donors (Lipinski definition) is 2. The highest BCUT2D eigenvalue weighted by Gasteiger charge is 2.37. The van der Waals surface area contributed by atoms with Gasteiger partial charge in [0, 0.05) is 26.4 Å². The lowest BCUT2D eigenvalue weighted by molar-refractivity contribution is -0.135. The average Bonchev–Trinajstić information content (AvgIpc) is 2.96.